The van der Waals surface area contributed by atoms with E-state index in [0.717, 1.165) is 25.3 Å². The first kappa shape index (κ1) is 22.4. The second kappa shape index (κ2) is 9.76. The van der Waals surface area contributed by atoms with E-state index in [1.165, 1.54) is 32.8 Å². The van der Waals surface area contributed by atoms with Crippen LogP contribution in [0.15, 0.2) is 47.0 Å². The lowest BCUT2D eigenvalue weighted by Gasteiger charge is -2.17. The molecule has 0 aliphatic heterocycles. The Bertz CT molecular complexity index is 1040. The van der Waals surface area contributed by atoms with Gasteiger partial charge < -0.3 is 9.26 Å². The number of hydrogen-bond donors (Lipinski definition) is 0. The molecular weight excluding hydrogens is 417 g/mol. The van der Waals surface area contributed by atoms with Crippen molar-refractivity contribution in [1.82, 2.24) is 10.1 Å². The number of aryl methyl sites for hydroxylation is 1. The zero-order valence-corrected chi connectivity index (χ0v) is 18.1. The molecule has 0 saturated heterocycles. The molecule has 1 aliphatic rings. The Balaban J connectivity index is 1.58. The van der Waals surface area contributed by atoms with Gasteiger partial charge in [0.15, 0.2) is 0 Å². The number of halogens is 3. The van der Waals surface area contributed by atoms with Crippen LogP contribution in [0.25, 0.3) is 22.8 Å². The lowest BCUT2D eigenvalue weighted by Crippen LogP contribution is -2.11. The smallest absolute Gasteiger partial charge is 0.416 e. The highest BCUT2D eigenvalue weighted by molar-refractivity contribution is 5.66. The summed E-state index contributed by atoms with van der Waals surface area (Å²) in [5.41, 5.74) is 0.570. The SMILES string of the molecule is COc1ccccc1-c1noc(-c2ccc(CCC3CCCCCC3)c(C(F)(F)F)c2)n1. The molecule has 0 atom stereocenters. The molecule has 1 aromatic heterocycles. The Hall–Kier alpha value is -2.83. The predicted octanol–water partition coefficient (Wildman–Crippen LogP) is 7.33. The van der Waals surface area contributed by atoms with Crippen molar-refractivity contribution in [2.75, 3.05) is 7.11 Å². The van der Waals surface area contributed by atoms with Crippen molar-refractivity contribution in [3.05, 3.63) is 53.6 Å². The van der Waals surface area contributed by atoms with Crippen LogP contribution in [0.2, 0.25) is 0 Å². The van der Waals surface area contributed by atoms with E-state index in [9.17, 15) is 13.2 Å². The molecule has 1 fully saturated rings. The van der Waals surface area contributed by atoms with E-state index in [1.54, 1.807) is 30.3 Å². The van der Waals surface area contributed by atoms with Crippen LogP contribution in [0, 0.1) is 5.92 Å². The molecule has 1 saturated carbocycles. The molecule has 0 N–H and O–H groups in total. The molecule has 2 aromatic carbocycles. The maximum Gasteiger partial charge on any atom is 0.416 e. The number of benzene rings is 2. The average molecular weight is 444 g/mol. The summed E-state index contributed by atoms with van der Waals surface area (Å²) in [6.45, 7) is 0. The number of rotatable bonds is 6. The highest BCUT2D eigenvalue weighted by Crippen LogP contribution is 2.37. The number of methoxy groups -OCH3 is 1. The van der Waals surface area contributed by atoms with Gasteiger partial charge in [0.25, 0.3) is 5.89 Å². The topological polar surface area (TPSA) is 48.2 Å². The molecule has 7 heteroatoms. The van der Waals surface area contributed by atoms with Gasteiger partial charge >= 0.3 is 6.18 Å². The van der Waals surface area contributed by atoms with Crippen molar-refractivity contribution in [1.29, 1.82) is 0 Å². The highest BCUT2D eigenvalue weighted by Gasteiger charge is 2.34. The molecule has 0 amide bonds. The quantitative estimate of drug-likeness (QED) is 0.373. The van der Waals surface area contributed by atoms with Crippen LogP contribution in [-0.2, 0) is 12.6 Å². The molecule has 0 bridgehead atoms. The Morgan fingerprint density at radius 1 is 1.03 bits per heavy atom. The minimum atomic E-state index is -4.44. The number of aromatic nitrogens is 2. The summed E-state index contributed by atoms with van der Waals surface area (Å²) < 4.78 is 52.2. The molecule has 32 heavy (non-hydrogen) atoms. The van der Waals surface area contributed by atoms with Gasteiger partial charge in [0.05, 0.1) is 18.2 Å². The minimum absolute atomic E-state index is 0.0479. The maximum atomic E-state index is 13.9. The van der Waals surface area contributed by atoms with Crippen molar-refractivity contribution in [2.45, 2.75) is 57.5 Å². The standard InChI is InChI=1S/C25H27F3N2O2/c1-31-22-11-7-6-10-20(22)23-29-24(32-30-23)19-15-14-18(21(16-19)25(26,27)28)13-12-17-8-4-2-3-5-9-17/h6-7,10-11,14-17H,2-5,8-9,12-13H2,1H3. The molecule has 0 spiro atoms. The molecular formula is C25H27F3N2O2. The summed E-state index contributed by atoms with van der Waals surface area (Å²) >= 11 is 0. The summed E-state index contributed by atoms with van der Waals surface area (Å²) in [6.07, 6.45) is 3.85. The third kappa shape index (κ3) is 5.14. The Morgan fingerprint density at radius 2 is 1.78 bits per heavy atom. The fraction of sp³-hybridized carbons (Fsp3) is 0.440. The molecule has 0 radical (unpaired) electrons. The van der Waals surface area contributed by atoms with Gasteiger partial charge in [-0.2, -0.15) is 18.2 Å². The van der Waals surface area contributed by atoms with E-state index in [4.69, 9.17) is 9.26 Å². The molecule has 1 heterocycles. The number of para-hydroxylation sites is 1. The van der Waals surface area contributed by atoms with Gasteiger partial charge in [0, 0.05) is 5.56 Å². The van der Waals surface area contributed by atoms with Gasteiger partial charge in [-0.3, -0.25) is 0 Å². The van der Waals surface area contributed by atoms with E-state index in [0.29, 0.717) is 29.2 Å². The number of alkyl halides is 3. The van der Waals surface area contributed by atoms with Gasteiger partial charge in [-0.25, -0.2) is 0 Å². The van der Waals surface area contributed by atoms with Crippen molar-refractivity contribution >= 4 is 0 Å². The third-order valence-corrected chi connectivity index (χ3v) is 6.23. The van der Waals surface area contributed by atoms with Crippen LogP contribution in [0.1, 0.15) is 56.1 Å². The zero-order valence-electron chi connectivity index (χ0n) is 18.1. The van der Waals surface area contributed by atoms with Gasteiger partial charge in [0.1, 0.15) is 5.75 Å². The summed E-state index contributed by atoms with van der Waals surface area (Å²) in [6, 6.07) is 11.5. The van der Waals surface area contributed by atoms with Gasteiger partial charge in [-0.05, 0) is 48.6 Å². The van der Waals surface area contributed by atoms with Crippen LogP contribution in [0.5, 0.6) is 5.75 Å². The summed E-state index contributed by atoms with van der Waals surface area (Å²) in [5, 5.41) is 3.94. The number of ether oxygens (including phenoxy) is 1. The Kier molecular flexibility index (Phi) is 6.82. The zero-order chi connectivity index (χ0) is 22.6. The summed E-state index contributed by atoms with van der Waals surface area (Å²) in [4.78, 5) is 4.32. The van der Waals surface area contributed by atoms with Crippen LogP contribution < -0.4 is 4.74 Å². The monoisotopic (exact) mass is 444 g/mol. The molecule has 4 nitrogen and oxygen atoms in total. The van der Waals surface area contributed by atoms with Gasteiger partial charge in [-0.1, -0.05) is 61.9 Å². The van der Waals surface area contributed by atoms with Gasteiger partial charge in [0.2, 0.25) is 5.82 Å². The molecule has 3 aromatic rings. The lowest BCUT2D eigenvalue weighted by molar-refractivity contribution is -0.138. The van der Waals surface area contributed by atoms with Crippen molar-refractivity contribution in [2.24, 2.45) is 5.92 Å². The van der Waals surface area contributed by atoms with Crippen LogP contribution >= 0.6 is 0 Å². The molecule has 170 valence electrons. The highest BCUT2D eigenvalue weighted by atomic mass is 19.4. The predicted molar refractivity (Wildman–Crippen MR) is 116 cm³/mol. The van der Waals surface area contributed by atoms with Crippen molar-refractivity contribution in [3.63, 3.8) is 0 Å². The van der Waals surface area contributed by atoms with Crippen LogP contribution in [-0.4, -0.2) is 17.3 Å². The summed E-state index contributed by atoms with van der Waals surface area (Å²) in [5.74, 6) is 1.39. The van der Waals surface area contributed by atoms with E-state index >= 15 is 0 Å². The second-order valence-electron chi connectivity index (χ2n) is 8.39. The summed E-state index contributed by atoms with van der Waals surface area (Å²) in [7, 11) is 1.53. The molecule has 4 rings (SSSR count). The first-order chi connectivity index (χ1) is 15.5. The minimum Gasteiger partial charge on any atom is -0.496 e. The second-order valence-corrected chi connectivity index (χ2v) is 8.39. The van der Waals surface area contributed by atoms with E-state index in [2.05, 4.69) is 10.1 Å². The first-order valence-corrected chi connectivity index (χ1v) is 11.1. The number of nitrogens with zero attached hydrogens (tertiary/aromatic N) is 2. The van der Waals surface area contributed by atoms with E-state index in [-0.39, 0.29) is 17.3 Å². The van der Waals surface area contributed by atoms with Crippen LogP contribution in [0.3, 0.4) is 0 Å². The van der Waals surface area contributed by atoms with Gasteiger partial charge in [-0.15, -0.1) is 0 Å². The Labute approximate surface area is 185 Å². The average Bonchev–Trinajstić information content (AvgIpc) is 3.13. The number of hydrogen-bond acceptors (Lipinski definition) is 4. The van der Waals surface area contributed by atoms with Crippen molar-refractivity contribution in [3.8, 4) is 28.6 Å². The normalized spacial score (nSPS) is 15.5. The third-order valence-electron chi connectivity index (χ3n) is 6.23. The fourth-order valence-electron chi connectivity index (χ4n) is 4.48. The Morgan fingerprint density at radius 3 is 2.50 bits per heavy atom. The van der Waals surface area contributed by atoms with E-state index in [1.807, 2.05) is 6.07 Å². The fourth-order valence-corrected chi connectivity index (χ4v) is 4.48. The molecule has 0 unspecified atom stereocenters. The maximum absolute atomic E-state index is 13.9. The first-order valence-electron chi connectivity index (χ1n) is 11.1. The largest absolute Gasteiger partial charge is 0.496 e. The van der Waals surface area contributed by atoms with E-state index < -0.39 is 11.7 Å². The molecule has 1 aliphatic carbocycles. The lowest BCUT2D eigenvalue weighted by atomic mass is 9.91. The van der Waals surface area contributed by atoms with Crippen LogP contribution in [0.4, 0.5) is 13.2 Å². The van der Waals surface area contributed by atoms with Crippen molar-refractivity contribution < 1.29 is 22.4 Å².